The SMILES string of the molecule is Cc1cc2ncc(C(=O)Nc3ccc4c5c(cccc35)CC4)c(C)n2n1. The number of carbonyl (C=O) groups is 1. The molecule has 0 fully saturated rings. The summed E-state index contributed by atoms with van der Waals surface area (Å²) in [6.45, 7) is 3.81. The van der Waals surface area contributed by atoms with Crippen LogP contribution in [0.1, 0.15) is 32.9 Å². The van der Waals surface area contributed by atoms with Crippen molar-refractivity contribution in [3.05, 3.63) is 70.7 Å². The molecule has 2 aromatic carbocycles. The minimum Gasteiger partial charge on any atom is -0.321 e. The molecule has 1 aliphatic carbocycles. The number of nitrogens with zero attached hydrogens (tertiary/aromatic N) is 3. The molecule has 1 aliphatic rings. The number of nitrogens with one attached hydrogen (secondary N) is 1. The molecule has 1 amide bonds. The number of hydrogen-bond acceptors (Lipinski definition) is 3. The maximum absolute atomic E-state index is 12.9. The summed E-state index contributed by atoms with van der Waals surface area (Å²) in [4.78, 5) is 17.3. The van der Waals surface area contributed by atoms with Crippen LogP contribution in [0.5, 0.6) is 0 Å². The maximum Gasteiger partial charge on any atom is 0.259 e. The number of aromatic nitrogens is 3. The molecule has 5 nitrogen and oxygen atoms in total. The Hall–Kier alpha value is -3.21. The lowest BCUT2D eigenvalue weighted by molar-refractivity contribution is 0.102. The maximum atomic E-state index is 12.9. The first-order valence-electron chi connectivity index (χ1n) is 8.78. The van der Waals surface area contributed by atoms with Gasteiger partial charge in [-0.1, -0.05) is 24.3 Å². The summed E-state index contributed by atoms with van der Waals surface area (Å²) in [6, 6.07) is 12.3. The topological polar surface area (TPSA) is 59.3 Å². The molecule has 4 aromatic rings. The van der Waals surface area contributed by atoms with E-state index in [9.17, 15) is 4.79 Å². The van der Waals surface area contributed by atoms with Crippen molar-refractivity contribution < 1.29 is 4.79 Å². The summed E-state index contributed by atoms with van der Waals surface area (Å²) in [5.74, 6) is -0.163. The molecule has 0 saturated heterocycles. The smallest absolute Gasteiger partial charge is 0.259 e. The van der Waals surface area contributed by atoms with Crippen LogP contribution in [0.15, 0.2) is 42.6 Å². The van der Waals surface area contributed by atoms with Gasteiger partial charge in [0.25, 0.3) is 5.91 Å². The van der Waals surface area contributed by atoms with Crippen LogP contribution in [-0.2, 0) is 12.8 Å². The molecule has 0 atom stereocenters. The van der Waals surface area contributed by atoms with Gasteiger partial charge in [-0.3, -0.25) is 4.79 Å². The average molecular weight is 342 g/mol. The third-order valence-corrected chi connectivity index (χ3v) is 5.22. The van der Waals surface area contributed by atoms with Crippen LogP contribution in [0.2, 0.25) is 0 Å². The van der Waals surface area contributed by atoms with Gasteiger partial charge in [-0.25, -0.2) is 9.50 Å². The van der Waals surface area contributed by atoms with E-state index in [1.54, 1.807) is 10.7 Å². The van der Waals surface area contributed by atoms with E-state index in [4.69, 9.17) is 0 Å². The number of aryl methyl sites for hydroxylation is 4. The summed E-state index contributed by atoms with van der Waals surface area (Å²) in [6.07, 6.45) is 3.77. The van der Waals surface area contributed by atoms with Gasteiger partial charge in [0.1, 0.15) is 0 Å². The van der Waals surface area contributed by atoms with Crippen LogP contribution in [-0.4, -0.2) is 20.5 Å². The van der Waals surface area contributed by atoms with Crippen LogP contribution in [0.3, 0.4) is 0 Å². The molecule has 5 rings (SSSR count). The Bertz CT molecular complexity index is 1200. The van der Waals surface area contributed by atoms with Crippen molar-refractivity contribution in [2.45, 2.75) is 26.7 Å². The van der Waals surface area contributed by atoms with Crippen molar-refractivity contribution in [1.82, 2.24) is 14.6 Å². The monoisotopic (exact) mass is 342 g/mol. The molecule has 0 saturated carbocycles. The molecular weight excluding hydrogens is 324 g/mol. The quantitative estimate of drug-likeness (QED) is 0.602. The first kappa shape index (κ1) is 15.1. The van der Waals surface area contributed by atoms with Crippen LogP contribution in [0, 0.1) is 13.8 Å². The number of rotatable bonds is 2. The first-order chi connectivity index (χ1) is 12.6. The molecule has 2 heterocycles. The molecule has 0 unspecified atom stereocenters. The Kier molecular flexibility index (Phi) is 3.13. The molecule has 0 spiro atoms. The van der Waals surface area contributed by atoms with Gasteiger partial charge in [0, 0.05) is 23.3 Å². The highest BCUT2D eigenvalue weighted by atomic mass is 16.1. The Morgan fingerprint density at radius 3 is 2.77 bits per heavy atom. The minimum atomic E-state index is -0.163. The summed E-state index contributed by atoms with van der Waals surface area (Å²) >= 11 is 0. The molecule has 0 aliphatic heterocycles. The lowest BCUT2D eigenvalue weighted by Gasteiger charge is -2.12. The van der Waals surface area contributed by atoms with Crippen LogP contribution >= 0.6 is 0 Å². The third kappa shape index (κ3) is 2.13. The van der Waals surface area contributed by atoms with Gasteiger partial charge in [0.2, 0.25) is 0 Å². The summed E-state index contributed by atoms with van der Waals surface area (Å²) in [5.41, 5.74) is 6.51. The van der Waals surface area contributed by atoms with Gasteiger partial charge < -0.3 is 5.32 Å². The van der Waals surface area contributed by atoms with Gasteiger partial charge in [0.15, 0.2) is 5.65 Å². The van der Waals surface area contributed by atoms with E-state index >= 15 is 0 Å². The zero-order chi connectivity index (χ0) is 17.8. The van der Waals surface area contributed by atoms with E-state index in [-0.39, 0.29) is 5.91 Å². The van der Waals surface area contributed by atoms with Crippen molar-refractivity contribution in [2.24, 2.45) is 0 Å². The van der Waals surface area contributed by atoms with E-state index in [1.807, 2.05) is 26.0 Å². The first-order valence-corrected chi connectivity index (χ1v) is 8.78. The van der Waals surface area contributed by atoms with E-state index in [2.05, 4.69) is 39.7 Å². The predicted octanol–water partition coefficient (Wildman–Crippen LogP) is 3.85. The third-order valence-electron chi connectivity index (χ3n) is 5.22. The average Bonchev–Trinajstić information content (AvgIpc) is 3.22. The standard InChI is InChI=1S/C21H18N4O/c1-12-10-19-22-11-17(13(2)25(19)24-12)21(26)23-18-9-8-15-7-6-14-4-3-5-16(18)20(14)15/h3-5,8-11H,6-7H2,1-2H3,(H,23,26). The fourth-order valence-electron chi connectivity index (χ4n) is 3.93. The molecule has 26 heavy (non-hydrogen) atoms. The molecular formula is C21H18N4O. The predicted molar refractivity (Wildman–Crippen MR) is 102 cm³/mol. The summed E-state index contributed by atoms with van der Waals surface area (Å²) in [7, 11) is 0. The summed E-state index contributed by atoms with van der Waals surface area (Å²) in [5, 5.41) is 9.89. The van der Waals surface area contributed by atoms with Crippen molar-refractivity contribution >= 4 is 28.0 Å². The highest BCUT2D eigenvalue weighted by Crippen LogP contribution is 2.35. The van der Waals surface area contributed by atoms with E-state index in [0.717, 1.165) is 41.0 Å². The number of benzene rings is 2. The van der Waals surface area contributed by atoms with Crippen LogP contribution in [0.4, 0.5) is 5.69 Å². The second-order valence-corrected chi connectivity index (χ2v) is 6.88. The minimum absolute atomic E-state index is 0.163. The van der Waals surface area contributed by atoms with Gasteiger partial charge in [-0.15, -0.1) is 0 Å². The second-order valence-electron chi connectivity index (χ2n) is 6.88. The second kappa shape index (κ2) is 5.39. The number of anilines is 1. The fraction of sp³-hybridized carbons (Fsp3) is 0.190. The fourth-order valence-corrected chi connectivity index (χ4v) is 3.93. The number of carbonyl (C=O) groups excluding carboxylic acids is 1. The molecule has 0 bridgehead atoms. The lowest BCUT2D eigenvalue weighted by atomic mass is 10.0. The van der Waals surface area contributed by atoms with Gasteiger partial charge >= 0.3 is 0 Å². The largest absolute Gasteiger partial charge is 0.321 e. The van der Waals surface area contributed by atoms with Crippen molar-refractivity contribution in [1.29, 1.82) is 0 Å². The lowest BCUT2D eigenvalue weighted by Crippen LogP contribution is -2.16. The van der Waals surface area contributed by atoms with Crippen molar-refractivity contribution in [2.75, 3.05) is 5.32 Å². The van der Waals surface area contributed by atoms with Gasteiger partial charge in [-0.2, -0.15) is 5.10 Å². The zero-order valence-corrected chi connectivity index (χ0v) is 14.7. The van der Waals surface area contributed by atoms with Gasteiger partial charge in [-0.05, 0) is 49.3 Å². The van der Waals surface area contributed by atoms with E-state index in [1.165, 1.54) is 16.5 Å². The summed E-state index contributed by atoms with van der Waals surface area (Å²) < 4.78 is 1.72. The molecule has 0 radical (unpaired) electrons. The molecule has 128 valence electrons. The Balaban J connectivity index is 1.58. The van der Waals surface area contributed by atoms with E-state index < -0.39 is 0 Å². The van der Waals surface area contributed by atoms with Crippen LogP contribution in [0.25, 0.3) is 16.4 Å². The number of hydrogen-bond donors (Lipinski definition) is 1. The molecule has 5 heteroatoms. The Labute approximate surface area is 150 Å². The van der Waals surface area contributed by atoms with Crippen molar-refractivity contribution in [3.63, 3.8) is 0 Å². The number of amides is 1. The van der Waals surface area contributed by atoms with Crippen molar-refractivity contribution in [3.8, 4) is 0 Å². The van der Waals surface area contributed by atoms with E-state index in [0.29, 0.717) is 5.56 Å². The highest BCUT2D eigenvalue weighted by Gasteiger charge is 2.18. The van der Waals surface area contributed by atoms with Crippen LogP contribution < -0.4 is 5.32 Å². The molecule has 1 N–H and O–H groups in total. The normalized spacial score (nSPS) is 12.8. The Morgan fingerprint density at radius 1 is 1.12 bits per heavy atom. The van der Waals surface area contributed by atoms with Gasteiger partial charge in [0.05, 0.1) is 17.0 Å². The highest BCUT2D eigenvalue weighted by molar-refractivity contribution is 6.10. The zero-order valence-electron chi connectivity index (χ0n) is 14.7. The number of fused-ring (bicyclic) bond motifs is 1. The molecule has 2 aromatic heterocycles. The Morgan fingerprint density at radius 2 is 1.92 bits per heavy atom.